The summed E-state index contributed by atoms with van der Waals surface area (Å²) < 4.78 is 5.46. The molecule has 0 radical (unpaired) electrons. The van der Waals surface area contributed by atoms with Crippen LogP contribution in [0.3, 0.4) is 0 Å². The van der Waals surface area contributed by atoms with Gasteiger partial charge in [-0.1, -0.05) is 0 Å². The Hall–Kier alpha value is -1.20. The number of aromatic nitrogens is 2. The van der Waals surface area contributed by atoms with Crippen molar-refractivity contribution < 1.29 is 9.84 Å². The number of hydrogen-bond donors (Lipinski definition) is 1. The average molecular weight is 237 g/mol. The van der Waals surface area contributed by atoms with E-state index < -0.39 is 0 Å². The standard InChI is InChI=1S/C12H19N3O2/c1-9-3-4-13-12(14-9)15-5-6-17-8-11(15)7-10(2)16/h3-4,10-11,16H,5-8H2,1-2H3. The smallest absolute Gasteiger partial charge is 0.225 e. The highest BCUT2D eigenvalue weighted by atomic mass is 16.5. The van der Waals surface area contributed by atoms with Crippen molar-refractivity contribution in [2.75, 3.05) is 24.7 Å². The minimum Gasteiger partial charge on any atom is -0.393 e. The topological polar surface area (TPSA) is 58.5 Å². The minimum absolute atomic E-state index is 0.158. The van der Waals surface area contributed by atoms with Gasteiger partial charge in [0.05, 0.1) is 25.4 Å². The number of aliphatic hydroxyl groups is 1. The van der Waals surface area contributed by atoms with Crippen molar-refractivity contribution in [1.82, 2.24) is 9.97 Å². The first-order valence-corrected chi connectivity index (χ1v) is 5.99. The monoisotopic (exact) mass is 237 g/mol. The number of anilines is 1. The summed E-state index contributed by atoms with van der Waals surface area (Å²) in [6.07, 6.45) is 2.11. The van der Waals surface area contributed by atoms with Crippen LogP contribution in [0.15, 0.2) is 12.3 Å². The van der Waals surface area contributed by atoms with Crippen LogP contribution in [0.2, 0.25) is 0 Å². The quantitative estimate of drug-likeness (QED) is 0.841. The maximum absolute atomic E-state index is 9.50. The molecule has 1 fully saturated rings. The lowest BCUT2D eigenvalue weighted by atomic mass is 10.1. The predicted molar refractivity (Wildman–Crippen MR) is 65.0 cm³/mol. The summed E-state index contributed by atoms with van der Waals surface area (Å²) in [6, 6.07) is 2.04. The van der Waals surface area contributed by atoms with E-state index >= 15 is 0 Å². The van der Waals surface area contributed by atoms with Gasteiger partial charge >= 0.3 is 0 Å². The first-order chi connectivity index (χ1) is 8.16. The SMILES string of the molecule is Cc1ccnc(N2CCOCC2CC(C)O)n1. The molecule has 2 atom stereocenters. The Morgan fingerprint density at radius 1 is 1.65 bits per heavy atom. The molecular weight excluding hydrogens is 218 g/mol. The summed E-state index contributed by atoms with van der Waals surface area (Å²) >= 11 is 0. The second-order valence-electron chi connectivity index (χ2n) is 4.50. The van der Waals surface area contributed by atoms with Crippen LogP contribution in [0, 0.1) is 6.92 Å². The number of hydrogen-bond acceptors (Lipinski definition) is 5. The molecule has 94 valence electrons. The van der Waals surface area contributed by atoms with Gasteiger partial charge in [0.1, 0.15) is 0 Å². The Balaban J connectivity index is 2.15. The normalized spacial score (nSPS) is 22.5. The molecule has 0 spiro atoms. The van der Waals surface area contributed by atoms with Crippen molar-refractivity contribution in [3.05, 3.63) is 18.0 Å². The summed E-state index contributed by atoms with van der Waals surface area (Å²) in [5, 5.41) is 9.50. The molecule has 2 heterocycles. The van der Waals surface area contributed by atoms with Crippen LogP contribution in [0.1, 0.15) is 19.0 Å². The summed E-state index contributed by atoms with van der Waals surface area (Å²) in [4.78, 5) is 10.9. The lowest BCUT2D eigenvalue weighted by Crippen LogP contribution is -2.47. The molecule has 1 aromatic rings. The van der Waals surface area contributed by atoms with E-state index in [-0.39, 0.29) is 12.1 Å². The molecule has 0 aromatic carbocycles. The zero-order valence-corrected chi connectivity index (χ0v) is 10.3. The Labute approximate surface area is 101 Å². The van der Waals surface area contributed by atoms with Gasteiger partial charge in [0, 0.05) is 18.4 Å². The molecule has 5 nitrogen and oxygen atoms in total. The Morgan fingerprint density at radius 3 is 3.18 bits per heavy atom. The van der Waals surface area contributed by atoms with E-state index in [1.807, 2.05) is 13.0 Å². The zero-order chi connectivity index (χ0) is 12.3. The zero-order valence-electron chi connectivity index (χ0n) is 10.3. The van der Waals surface area contributed by atoms with Crippen LogP contribution in [-0.2, 0) is 4.74 Å². The number of ether oxygens (including phenoxy) is 1. The van der Waals surface area contributed by atoms with E-state index in [4.69, 9.17) is 4.74 Å². The van der Waals surface area contributed by atoms with Gasteiger partial charge in [-0.05, 0) is 26.3 Å². The van der Waals surface area contributed by atoms with E-state index in [1.54, 1.807) is 13.1 Å². The van der Waals surface area contributed by atoms with Crippen LogP contribution < -0.4 is 4.90 Å². The molecule has 1 saturated heterocycles. The molecule has 0 saturated carbocycles. The van der Waals surface area contributed by atoms with Gasteiger partial charge in [0.15, 0.2) is 0 Å². The average Bonchev–Trinajstić information content (AvgIpc) is 2.29. The summed E-state index contributed by atoms with van der Waals surface area (Å²) in [6.45, 7) is 5.84. The largest absolute Gasteiger partial charge is 0.393 e. The molecular formula is C12H19N3O2. The number of rotatable bonds is 3. The highest BCUT2D eigenvalue weighted by Crippen LogP contribution is 2.18. The van der Waals surface area contributed by atoms with Gasteiger partial charge < -0.3 is 14.7 Å². The third-order valence-electron chi connectivity index (χ3n) is 2.88. The second kappa shape index (κ2) is 5.42. The van der Waals surface area contributed by atoms with E-state index in [1.165, 1.54) is 0 Å². The first-order valence-electron chi connectivity index (χ1n) is 5.99. The van der Waals surface area contributed by atoms with Gasteiger partial charge in [-0.25, -0.2) is 9.97 Å². The van der Waals surface area contributed by atoms with Crippen LogP contribution in [0.25, 0.3) is 0 Å². The summed E-state index contributed by atoms with van der Waals surface area (Å²) in [5.74, 6) is 0.735. The lowest BCUT2D eigenvalue weighted by molar-refractivity contribution is 0.0713. The molecule has 17 heavy (non-hydrogen) atoms. The van der Waals surface area contributed by atoms with Gasteiger partial charge in [-0.3, -0.25) is 0 Å². The van der Waals surface area contributed by atoms with Crippen molar-refractivity contribution in [3.8, 4) is 0 Å². The Kier molecular flexibility index (Phi) is 3.91. The molecule has 0 bridgehead atoms. The van der Waals surface area contributed by atoms with Crippen molar-refractivity contribution in [3.63, 3.8) is 0 Å². The number of morpholine rings is 1. The number of aliphatic hydroxyl groups excluding tert-OH is 1. The second-order valence-corrected chi connectivity index (χ2v) is 4.50. The van der Waals surface area contributed by atoms with E-state index in [2.05, 4.69) is 14.9 Å². The number of nitrogens with zero attached hydrogens (tertiary/aromatic N) is 3. The van der Waals surface area contributed by atoms with E-state index in [0.29, 0.717) is 19.6 Å². The van der Waals surface area contributed by atoms with Crippen LogP contribution in [0.5, 0.6) is 0 Å². The summed E-state index contributed by atoms with van der Waals surface area (Å²) in [5.41, 5.74) is 0.956. The van der Waals surface area contributed by atoms with Crippen molar-refractivity contribution >= 4 is 5.95 Å². The fraction of sp³-hybridized carbons (Fsp3) is 0.667. The van der Waals surface area contributed by atoms with Crippen molar-refractivity contribution in [2.24, 2.45) is 0 Å². The molecule has 1 aromatic heterocycles. The van der Waals surface area contributed by atoms with Gasteiger partial charge in [0.2, 0.25) is 5.95 Å². The fourth-order valence-electron chi connectivity index (χ4n) is 2.08. The van der Waals surface area contributed by atoms with E-state index in [9.17, 15) is 5.11 Å². The highest BCUT2D eigenvalue weighted by Gasteiger charge is 2.26. The summed E-state index contributed by atoms with van der Waals surface area (Å²) in [7, 11) is 0. The molecule has 1 aliphatic rings. The third-order valence-corrected chi connectivity index (χ3v) is 2.88. The minimum atomic E-state index is -0.339. The predicted octanol–water partition coefficient (Wildman–Crippen LogP) is 0.761. The van der Waals surface area contributed by atoms with E-state index in [0.717, 1.165) is 18.2 Å². The maximum Gasteiger partial charge on any atom is 0.225 e. The molecule has 0 amide bonds. The Morgan fingerprint density at radius 2 is 2.47 bits per heavy atom. The van der Waals surface area contributed by atoms with Crippen LogP contribution >= 0.6 is 0 Å². The fourth-order valence-corrected chi connectivity index (χ4v) is 2.08. The van der Waals surface area contributed by atoms with Crippen LogP contribution in [-0.4, -0.2) is 47.0 Å². The molecule has 2 rings (SSSR count). The number of aryl methyl sites for hydroxylation is 1. The molecule has 1 aliphatic heterocycles. The van der Waals surface area contributed by atoms with Crippen molar-refractivity contribution in [1.29, 1.82) is 0 Å². The maximum atomic E-state index is 9.50. The van der Waals surface area contributed by atoms with Gasteiger partial charge in [0.25, 0.3) is 0 Å². The highest BCUT2D eigenvalue weighted by molar-refractivity contribution is 5.32. The van der Waals surface area contributed by atoms with Crippen molar-refractivity contribution in [2.45, 2.75) is 32.4 Å². The molecule has 2 unspecified atom stereocenters. The lowest BCUT2D eigenvalue weighted by Gasteiger charge is -2.36. The third kappa shape index (κ3) is 3.14. The van der Waals surface area contributed by atoms with Crippen LogP contribution in [0.4, 0.5) is 5.95 Å². The Bertz CT molecular complexity index is 371. The molecule has 0 aliphatic carbocycles. The molecule has 1 N–H and O–H groups in total. The first kappa shape index (κ1) is 12.3. The van der Waals surface area contributed by atoms with Gasteiger partial charge in [-0.15, -0.1) is 0 Å². The van der Waals surface area contributed by atoms with Gasteiger partial charge in [-0.2, -0.15) is 0 Å². The molecule has 5 heteroatoms.